The van der Waals surface area contributed by atoms with Crippen LogP contribution in [0.1, 0.15) is 44.6 Å². The second kappa shape index (κ2) is 8.04. The van der Waals surface area contributed by atoms with E-state index in [1.54, 1.807) is 12.1 Å². The third-order valence-corrected chi connectivity index (χ3v) is 3.42. The molecule has 0 aliphatic rings. The molecule has 0 saturated heterocycles. The maximum Gasteiger partial charge on any atom is 0.451 e. The van der Waals surface area contributed by atoms with E-state index in [4.69, 9.17) is 5.26 Å². The molecule has 1 aromatic carbocycles. The standard InChI is InChI=1S/C16H21F3N2O/c1-2-3-4-5-6-7-13-8-10-14(11-9-13)21-15(22,12-20)16(17,18)19/h8-11,21-22H,2-7H2,1H3. The third kappa shape index (κ3) is 5.23. The average molecular weight is 314 g/mol. The predicted molar refractivity (Wildman–Crippen MR) is 79.1 cm³/mol. The fourth-order valence-electron chi connectivity index (χ4n) is 2.06. The van der Waals surface area contributed by atoms with Crippen LogP contribution in [0.4, 0.5) is 18.9 Å². The Bertz CT molecular complexity index is 494. The second-order valence-electron chi connectivity index (χ2n) is 5.31. The van der Waals surface area contributed by atoms with E-state index >= 15 is 0 Å². The monoisotopic (exact) mass is 314 g/mol. The minimum atomic E-state index is -5.07. The smallest absolute Gasteiger partial charge is 0.352 e. The molecule has 1 unspecified atom stereocenters. The summed E-state index contributed by atoms with van der Waals surface area (Å²) in [6.45, 7) is 2.15. The highest BCUT2D eigenvalue weighted by atomic mass is 19.4. The number of alkyl halides is 3. The highest BCUT2D eigenvalue weighted by molar-refractivity contribution is 5.48. The van der Waals surface area contributed by atoms with Gasteiger partial charge in [-0.1, -0.05) is 44.7 Å². The molecule has 0 heterocycles. The summed E-state index contributed by atoms with van der Waals surface area (Å²) in [4.78, 5) is 0. The molecule has 0 aromatic heterocycles. The van der Waals surface area contributed by atoms with E-state index in [9.17, 15) is 18.3 Å². The van der Waals surface area contributed by atoms with Crippen LogP contribution in [0.25, 0.3) is 0 Å². The fourth-order valence-corrected chi connectivity index (χ4v) is 2.06. The Morgan fingerprint density at radius 1 is 1.09 bits per heavy atom. The summed E-state index contributed by atoms with van der Waals surface area (Å²) < 4.78 is 37.8. The fraction of sp³-hybridized carbons (Fsp3) is 0.562. The molecule has 1 atom stereocenters. The number of rotatable bonds is 8. The highest BCUT2D eigenvalue weighted by Crippen LogP contribution is 2.31. The zero-order chi connectivity index (χ0) is 16.6. The molecule has 0 amide bonds. The van der Waals surface area contributed by atoms with Gasteiger partial charge in [0.1, 0.15) is 6.07 Å². The lowest BCUT2D eigenvalue weighted by atomic mass is 10.1. The lowest BCUT2D eigenvalue weighted by molar-refractivity contribution is -0.224. The number of unbranched alkanes of at least 4 members (excludes halogenated alkanes) is 4. The van der Waals surface area contributed by atoms with Crippen molar-refractivity contribution in [3.63, 3.8) is 0 Å². The van der Waals surface area contributed by atoms with Crippen LogP contribution in [-0.4, -0.2) is 17.0 Å². The minimum absolute atomic E-state index is 0.0520. The van der Waals surface area contributed by atoms with Gasteiger partial charge < -0.3 is 10.4 Å². The Balaban J connectivity index is 2.57. The molecule has 0 bridgehead atoms. The van der Waals surface area contributed by atoms with Gasteiger partial charge in [0, 0.05) is 5.69 Å². The Hall–Kier alpha value is -1.74. The van der Waals surface area contributed by atoms with E-state index in [1.165, 1.54) is 31.4 Å². The number of nitriles is 1. The van der Waals surface area contributed by atoms with Crippen molar-refractivity contribution in [2.45, 2.75) is 57.3 Å². The van der Waals surface area contributed by atoms with Crippen LogP contribution < -0.4 is 5.32 Å². The van der Waals surface area contributed by atoms with Gasteiger partial charge in [-0.2, -0.15) is 18.4 Å². The highest BCUT2D eigenvalue weighted by Gasteiger charge is 2.55. The van der Waals surface area contributed by atoms with Gasteiger partial charge in [-0.05, 0) is 30.5 Å². The summed E-state index contributed by atoms with van der Waals surface area (Å²) in [6, 6.07) is 7.14. The van der Waals surface area contributed by atoms with Gasteiger partial charge in [0.2, 0.25) is 0 Å². The number of nitrogens with one attached hydrogen (secondary N) is 1. The van der Waals surface area contributed by atoms with E-state index in [0.717, 1.165) is 30.9 Å². The zero-order valence-corrected chi connectivity index (χ0v) is 12.6. The topological polar surface area (TPSA) is 56.0 Å². The normalized spacial score (nSPS) is 14.2. The number of anilines is 1. The van der Waals surface area contributed by atoms with Gasteiger partial charge in [0.15, 0.2) is 0 Å². The number of hydrogen-bond donors (Lipinski definition) is 2. The van der Waals surface area contributed by atoms with Crippen LogP contribution in [-0.2, 0) is 6.42 Å². The number of nitrogens with zero attached hydrogens (tertiary/aromatic N) is 1. The largest absolute Gasteiger partial charge is 0.451 e. The first-order valence-electron chi connectivity index (χ1n) is 7.40. The van der Waals surface area contributed by atoms with Crippen LogP contribution in [0.5, 0.6) is 0 Å². The molecule has 0 fully saturated rings. The SMILES string of the molecule is CCCCCCCc1ccc(NC(O)(C#N)C(F)(F)F)cc1. The van der Waals surface area contributed by atoms with Crippen LogP contribution in [0, 0.1) is 11.3 Å². The van der Waals surface area contributed by atoms with Crippen LogP contribution in [0.15, 0.2) is 24.3 Å². The summed E-state index contributed by atoms with van der Waals surface area (Å²) in [5.41, 5.74) is -2.50. The van der Waals surface area contributed by atoms with Crippen molar-refractivity contribution in [2.75, 3.05) is 5.32 Å². The molecule has 3 nitrogen and oxygen atoms in total. The van der Waals surface area contributed by atoms with Gasteiger partial charge in [0.25, 0.3) is 0 Å². The molecule has 0 aliphatic heterocycles. The molecule has 122 valence electrons. The van der Waals surface area contributed by atoms with Gasteiger partial charge >= 0.3 is 11.9 Å². The summed E-state index contributed by atoms with van der Waals surface area (Å²) in [6.07, 6.45) is 1.56. The molecule has 6 heteroatoms. The van der Waals surface area contributed by atoms with Gasteiger partial charge in [-0.25, -0.2) is 0 Å². The summed E-state index contributed by atoms with van der Waals surface area (Å²) >= 11 is 0. The minimum Gasteiger partial charge on any atom is -0.352 e. The predicted octanol–water partition coefficient (Wildman–Crippen LogP) is 4.39. The van der Waals surface area contributed by atoms with Gasteiger partial charge in [-0.15, -0.1) is 0 Å². The van der Waals surface area contributed by atoms with E-state index in [0.29, 0.717) is 0 Å². The van der Waals surface area contributed by atoms with Crippen LogP contribution >= 0.6 is 0 Å². The lowest BCUT2D eigenvalue weighted by Gasteiger charge is -2.25. The first-order valence-corrected chi connectivity index (χ1v) is 7.40. The molecule has 0 aliphatic carbocycles. The van der Waals surface area contributed by atoms with Crippen molar-refractivity contribution in [3.05, 3.63) is 29.8 Å². The average Bonchev–Trinajstić information content (AvgIpc) is 2.47. The zero-order valence-electron chi connectivity index (χ0n) is 12.6. The molecule has 22 heavy (non-hydrogen) atoms. The molecule has 0 saturated carbocycles. The molecule has 1 rings (SSSR count). The Morgan fingerprint density at radius 3 is 2.18 bits per heavy atom. The summed E-state index contributed by atoms with van der Waals surface area (Å²) in [5.74, 6) is 0. The van der Waals surface area contributed by atoms with E-state index in [2.05, 4.69) is 6.92 Å². The van der Waals surface area contributed by atoms with Crippen molar-refractivity contribution in [2.24, 2.45) is 0 Å². The second-order valence-corrected chi connectivity index (χ2v) is 5.31. The summed E-state index contributed by atoms with van der Waals surface area (Å²) in [5, 5.41) is 19.7. The first kappa shape index (κ1) is 18.3. The maximum atomic E-state index is 12.6. The van der Waals surface area contributed by atoms with Crippen molar-refractivity contribution >= 4 is 5.69 Å². The lowest BCUT2D eigenvalue weighted by Crippen LogP contribution is -2.50. The number of benzene rings is 1. The molecular weight excluding hydrogens is 293 g/mol. The van der Waals surface area contributed by atoms with Crippen molar-refractivity contribution < 1.29 is 18.3 Å². The molecule has 2 N–H and O–H groups in total. The molecular formula is C16H21F3N2O. The number of aryl methyl sites for hydroxylation is 1. The number of halogens is 3. The number of aliphatic hydroxyl groups is 1. The summed E-state index contributed by atoms with van der Waals surface area (Å²) in [7, 11) is 0. The molecule has 0 radical (unpaired) electrons. The van der Waals surface area contributed by atoms with E-state index < -0.39 is 11.9 Å². The molecule has 0 spiro atoms. The Labute approximate surface area is 128 Å². The first-order chi connectivity index (χ1) is 10.3. The Kier molecular flexibility index (Phi) is 6.69. The van der Waals surface area contributed by atoms with Crippen LogP contribution in [0.3, 0.4) is 0 Å². The van der Waals surface area contributed by atoms with Crippen LogP contribution in [0.2, 0.25) is 0 Å². The number of hydrogen-bond acceptors (Lipinski definition) is 3. The van der Waals surface area contributed by atoms with Gasteiger partial charge in [0.05, 0.1) is 0 Å². The van der Waals surface area contributed by atoms with E-state index in [-0.39, 0.29) is 5.69 Å². The maximum absolute atomic E-state index is 12.6. The Morgan fingerprint density at radius 2 is 1.68 bits per heavy atom. The van der Waals surface area contributed by atoms with Crippen molar-refractivity contribution in [3.8, 4) is 6.07 Å². The molecule has 1 aromatic rings. The third-order valence-electron chi connectivity index (χ3n) is 3.42. The van der Waals surface area contributed by atoms with E-state index in [1.807, 2.05) is 5.32 Å². The van der Waals surface area contributed by atoms with Gasteiger partial charge in [-0.3, -0.25) is 0 Å². The quantitative estimate of drug-likeness (QED) is 0.425. The van der Waals surface area contributed by atoms with Crippen molar-refractivity contribution in [1.82, 2.24) is 0 Å². The van der Waals surface area contributed by atoms with Crippen molar-refractivity contribution in [1.29, 1.82) is 5.26 Å².